The summed E-state index contributed by atoms with van der Waals surface area (Å²) in [5.41, 5.74) is 0. The van der Waals surface area contributed by atoms with Crippen LogP contribution in [0.3, 0.4) is 0 Å². The second kappa shape index (κ2) is 6.06. The number of carbonyl (C=O) groups is 1. The van der Waals surface area contributed by atoms with Crippen LogP contribution in [0.5, 0.6) is 0 Å². The van der Waals surface area contributed by atoms with Crippen molar-refractivity contribution in [3.8, 4) is 0 Å². The SMILES string of the molecule is O=C(NCC1CCCO1)OCC1CCCO1. The fraction of sp³-hybridized carbons (Fsp3) is 0.909. The highest BCUT2D eigenvalue weighted by Crippen LogP contribution is 2.12. The molecule has 0 aliphatic carbocycles. The Kier molecular flexibility index (Phi) is 4.42. The van der Waals surface area contributed by atoms with Gasteiger partial charge in [0.2, 0.25) is 0 Å². The van der Waals surface area contributed by atoms with Gasteiger partial charge in [-0.15, -0.1) is 0 Å². The van der Waals surface area contributed by atoms with E-state index >= 15 is 0 Å². The van der Waals surface area contributed by atoms with Crippen LogP contribution in [0, 0.1) is 0 Å². The molecule has 16 heavy (non-hydrogen) atoms. The van der Waals surface area contributed by atoms with Crippen molar-refractivity contribution in [1.82, 2.24) is 5.32 Å². The van der Waals surface area contributed by atoms with Crippen LogP contribution in [0.25, 0.3) is 0 Å². The van der Waals surface area contributed by atoms with Gasteiger partial charge in [-0.3, -0.25) is 0 Å². The Morgan fingerprint density at radius 2 is 1.88 bits per heavy atom. The number of hydrogen-bond acceptors (Lipinski definition) is 4. The average molecular weight is 229 g/mol. The highest BCUT2D eigenvalue weighted by atomic mass is 16.6. The fourth-order valence-electron chi connectivity index (χ4n) is 2.00. The number of ether oxygens (including phenoxy) is 3. The van der Waals surface area contributed by atoms with Gasteiger partial charge in [-0.05, 0) is 25.7 Å². The Balaban J connectivity index is 1.53. The Bertz CT molecular complexity index is 200. The van der Waals surface area contributed by atoms with Gasteiger partial charge < -0.3 is 19.5 Å². The molecule has 0 spiro atoms. The summed E-state index contributed by atoms with van der Waals surface area (Å²) in [4.78, 5) is 11.3. The summed E-state index contributed by atoms with van der Waals surface area (Å²) >= 11 is 0. The van der Waals surface area contributed by atoms with Gasteiger partial charge in [0.15, 0.2) is 0 Å². The van der Waals surface area contributed by atoms with Gasteiger partial charge in [0.1, 0.15) is 6.61 Å². The van der Waals surface area contributed by atoms with Crippen molar-refractivity contribution in [1.29, 1.82) is 0 Å². The van der Waals surface area contributed by atoms with Gasteiger partial charge in [-0.2, -0.15) is 0 Å². The van der Waals surface area contributed by atoms with Crippen LogP contribution in [-0.4, -0.2) is 44.7 Å². The molecule has 2 rings (SSSR count). The lowest BCUT2D eigenvalue weighted by molar-refractivity contribution is 0.0416. The first-order valence-corrected chi connectivity index (χ1v) is 5.98. The summed E-state index contributed by atoms with van der Waals surface area (Å²) in [6.07, 6.45) is 4.03. The largest absolute Gasteiger partial charge is 0.447 e. The predicted octanol–water partition coefficient (Wildman–Crippen LogP) is 1.07. The molecule has 2 aliphatic heterocycles. The Morgan fingerprint density at radius 3 is 2.50 bits per heavy atom. The van der Waals surface area contributed by atoms with Crippen LogP contribution in [-0.2, 0) is 14.2 Å². The highest BCUT2D eigenvalue weighted by Gasteiger charge is 2.19. The molecule has 0 bridgehead atoms. The fourth-order valence-corrected chi connectivity index (χ4v) is 2.00. The molecule has 0 aromatic heterocycles. The van der Waals surface area contributed by atoms with Crippen molar-refractivity contribution in [2.24, 2.45) is 0 Å². The van der Waals surface area contributed by atoms with Crippen LogP contribution in [0.15, 0.2) is 0 Å². The van der Waals surface area contributed by atoms with Crippen molar-refractivity contribution in [3.05, 3.63) is 0 Å². The highest BCUT2D eigenvalue weighted by molar-refractivity contribution is 5.67. The van der Waals surface area contributed by atoms with E-state index in [4.69, 9.17) is 14.2 Å². The zero-order valence-corrected chi connectivity index (χ0v) is 9.44. The smallest absolute Gasteiger partial charge is 0.407 e. The zero-order valence-electron chi connectivity index (χ0n) is 9.44. The molecular weight excluding hydrogens is 210 g/mol. The van der Waals surface area contributed by atoms with E-state index in [1.807, 2.05) is 0 Å². The Morgan fingerprint density at radius 1 is 1.19 bits per heavy atom. The van der Waals surface area contributed by atoms with Crippen molar-refractivity contribution < 1.29 is 19.0 Å². The molecule has 2 aliphatic rings. The number of alkyl carbamates (subject to hydrolysis) is 1. The molecule has 1 N–H and O–H groups in total. The standard InChI is InChI=1S/C11H19NO4/c13-11(12-7-9-3-1-5-14-9)16-8-10-4-2-6-15-10/h9-10H,1-8H2,(H,12,13). The molecule has 0 saturated carbocycles. The molecule has 5 nitrogen and oxygen atoms in total. The minimum atomic E-state index is -0.369. The van der Waals surface area contributed by atoms with E-state index in [9.17, 15) is 4.79 Å². The van der Waals surface area contributed by atoms with E-state index in [1.165, 1.54) is 0 Å². The van der Waals surface area contributed by atoms with Gasteiger partial charge in [-0.25, -0.2) is 4.79 Å². The maximum absolute atomic E-state index is 11.3. The molecule has 0 aromatic carbocycles. The summed E-state index contributed by atoms with van der Waals surface area (Å²) in [5, 5.41) is 2.71. The van der Waals surface area contributed by atoms with Gasteiger partial charge in [0, 0.05) is 19.8 Å². The second-order valence-corrected chi connectivity index (χ2v) is 4.25. The molecule has 0 radical (unpaired) electrons. The van der Waals surface area contributed by atoms with Gasteiger partial charge >= 0.3 is 6.09 Å². The maximum atomic E-state index is 11.3. The maximum Gasteiger partial charge on any atom is 0.407 e. The Labute approximate surface area is 95.4 Å². The number of rotatable bonds is 4. The van der Waals surface area contributed by atoms with Crippen LogP contribution in [0.2, 0.25) is 0 Å². The van der Waals surface area contributed by atoms with E-state index in [0.717, 1.165) is 38.9 Å². The normalized spacial score (nSPS) is 29.2. The second-order valence-electron chi connectivity index (χ2n) is 4.25. The van der Waals surface area contributed by atoms with Gasteiger partial charge in [0.25, 0.3) is 0 Å². The topological polar surface area (TPSA) is 56.8 Å². The number of nitrogens with one attached hydrogen (secondary N) is 1. The minimum absolute atomic E-state index is 0.0912. The van der Waals surface area contributed by atoms with E-state index in [-0.39, 0.29) is 18.3 Å². The van der Waals surface area contributed by atoms with E-state index < -0.39 is 0 Å². The lowest BCUT2D eigenvalue weighted by atomic mass is 10.2. The first kappa shape index (κ1) is 11.7. The lowest BCUT2D eigenvalue weighted by Crippen LogP contribution is -2.33. The monoisotopic (exact) mass is 229 g/mol. The summed E-state index contributed by atoms with van der Waals surface area (Å²) in [5.74, 6) is 0. The summed E-state index contributed by atoms with van der Waals surface area (Å²) in [7, 11) is 0. The van der Waals surface area contributed by atoms with Crippen molar-refractivity contribution >= 4 is 6.09 Å². The number of amides is 1. The van der Waals surface area contributed by atoms with Crippen LogP contribution in [0.4, 0.5) is 4.79 Å². The predicted molar refractivity (Wildman–Crippen MR) is 57.3 cm³/mol. The Hall–Kier alpha value is -0.810. The number of hydrogen-bond donors (Lipinski definition) is 1. The molecule has 1 amide bonds. The molecule has 2 atom stereocenters. The molecule has 2 saturated heterocycles. The molecule has 2 fully saturated rings. The van der Waals surface area contributed by atoms with E-state index in [2.05, 4.69) is 5.32 Å². The molecular formula is C11H19NO4. The van der Waals surface area contributed by atoms with E-state index in [1.54, 1.807) is 0 Å². The minimum Gasteiger partial charge on any atom is -0.447 e. The third kappa shape index (κ3) is 3.64. The van der Waals surface area contributed by atoms with Gasteiger partial charge in [-0.1, -0.05) is 0 Å². The summed E-state index contributed by atoms with van der Waals surface area (Å²) < 4.78 is 15.8. The molecule has 5 heteroatoms. The third-order valence-corrected chi connectivity index (χ3v) is 2.92. The lowest BCUT2D eigenvalue weighted by Gasteiger charge is -2.13. The van der Waals surface area contributed by atoms with Crippen molar-refractivity contribution in [2.75, 3.05) is 26.4 Å². The molecule has 0 aromatic rings. The summed E-state index contributed by atoms with van der Waals surface area (Å²) in [6.45, 7) is 2.49. The first-order valence-electron chi connectivity index (χ1n) is 5.98. The third-order valence-electron chi connectivity index (χ3n) is 2.92. The van der Waals surface area contributed by atoms with Gasteiger partial charge in [0.05, 0.1) is 12.2 Å². The summed E-state index contributed by atoms with van der Waals surface area (Å²) in [6, 6.07) is 0. The van der Waals surface area contributed by atoms with Crippen LogP contribution >= 0.6 is 0 Å². The van der Waals surface area contributed by atoms with Crippen LogP contribution < -0.4 is 5.32 Å². The van der Waals surface area contributed by atoms with Crippen LogP contribution in [0.1, 0.15) is 25.7 Å². The van der Waals surface area contributed by atoms with E-state index in [0.29, 0.717) is 13.2 Å². The average Bonchev–Trinajstić information content (AvgIpc) is 2.96. The number of carbonyl (C=O) groups excluding carboxylic acids is 1. The molecule has 2 unspecified atom stereocenters. The quantitative estimate of drug-likeness (QED) is 0.783. The van der Waals surface area contributed by atoms with Crippen molar-refractivity contribution in [3.63, 3.8) is 0 Å². The van der Waals surface area contributed by atoms with Crippen molar-refractivity contribution in [2.45, 2.75) is 37.9 Å². The first-order chi connectivity index (χ1) is 7.84. The zero-order chi connectivity index (χ0) is 11.2. The molecule has 2 heterocycles. The molecule has 92 valence electrons.